The van der Waals surface area contributed by atoms with E-state index in [1.807, 2.05) is 11.3 Å². The Balaban J connectivity index is 0.00000210. The maximum atomic E-state index is 3.83. The molecule has 0 aliphatic heterocycles. The highest BCUT2D eigenvalue weighted by Gasteiger charge is 2.38. The maximum Gasteiger partial charge on any atom is 0.0455 e. The van der Waals surface area contributed by atoms with Crippen LogP contribution in [0.1, 0.15) is 36.8 Å². The molecule has 0 unspecified atom stereocenters. The molecule has 0 amide bonds. The number of hydrogen-bond acceptors (Lipinski definition) is 3. The summed E-state index contributed by atoms with van der Waals surface area (Å²) in [7, 11) is 4.47. The Morgan fingerprint density at radius 1 is 1.00 bits per heavy atom. The Bertz CT molecular complexity index is 851. The van der Waals surface area contributed by atoms with Gasteiger partial charge in [-0.05, 0) is 67.7 Å². The van der Waals surface area contributed by atoms with Crippen LogP contribution in [0, 0.1) is 0 Å². The van der Waals surface area contributed by atoms with Crippen molar-refractivity contribution in [3.63, 3.8) is 0 Å². The van der Waals surface area contributed by atoms with Crippen molar-refractivity contribution in [1.29, 1.82) is 0 Å². The number of fused-ring (bicyclic) bond motifs is 1. The molecule has 4 rings (SSSR count). The van der Waals surface area contributed by atoms with Crippen LogP contribution in [0.3, 0.4) is 0 Å². The average Bonchev–Trinajstić information content (AvgIpc) is 3.10. The highest BCUT2D eigenvalue weighted by atomic mass is 35.5. The van der Waals surface area contributed by atoms with Gasteiger partial charge in [-0.15, -0.1) is 23.7 Å². The van der Waals surface area contributed by atoms with E-state index in [9.17, 15) is 0 Å². The summed E-state index contributed by atoms with van der Waals surface area (Å²) in [5.74, 6) is 0. The first-order valence-electron chi connectivity index (χ1n) is 9.60. The van der Waals surface area contributed by atoms with Crippen LogP contribution in [0.2, 0.25) is 0 Å². The topological polar surface area (TPSA) is 15.3 Å². The van der Waals surface area contributed by atoms with E-state index in [-0.39, 0.29) is 17.9 Å². The van der Waals surface area contributed by atoms with Gasteiger partial charge < -0.3 is 5.32 Å². The van der Waals surface area contributed by atoms with E-state index in [2.05, 4.69) is 84.3 Å². The second-order valence-electron chi connectivity index (χ2n) is 7.70. The number of thiophene rings is 1. The molecule has 1 fully saturated rings. The molecule has 2 nitrogen and oxygen atoms in total. The number of nitrogens with one attached hydrogen (secondary N) is 1. The third-order valence-electron chi connectivity index (χ3n) is 6.12. The molecule has 0 spiro atoms. The first kappa shape index (κ1) is 20.3. The van der Waals surface area contributed by atoms with E-state index >= 15 is 0 Å². The lowest BCUT2D eigenvalue weighted by Gasteiger charge is -2.45. The third kappa shape index (κ3) is 4.07. The monoisotopic (exact) mass is 400 g/mol. The van der Waals surface area contributed by atoms with E-state index in [1.54, 1.807) is 0 Å². The smallest absolute Gasteiger partial charge is 0.0455 e. The van der Waals surface area contributed by atoms with Crippen LogP contribution in [0.25, 0.3) is 10.1 Å². The normalized spacial score (nSPS) is 22.7. The minimum absolute atomic E-state index is 0. The Kier molecular flexibility index (Phi) is 6.59. The molecule has 1 aliphatic carbocycles. The van der Waals surface area contributed by atoms with E-state index in [4.69, 9.17) is 0 Å². The molecule has 0 atom stereocenters. The molecular formula is C23H29ClN2S. The molecular weight excluding hydrogens is 372 g/mol. The highest BCUT2D eigenvalue weighted by Crippen LogP contribution is 2.41. The van der Waals surface area contributed by atoms with Crippen molar-refractivity contribution in [2.45, 2.75) is 43.8 Å². The zero-order chi connectivity index (χ0) is 18.0. The van der Waals surface area contributed by atoms with Gasteiger partial charge in [0.05, 0.1) is 0 Å². The minimum Gasteiger partial charge on any atom is -0.310 e. The second kappa shape index (κ2) is 8.74. The van der Waals surface area contributed by atoms with E-state index < -0.39 is 0 Å². The molecule has 3 aromatic rings. The molecule has 1 saturated carbocycles. The summed E-state index contributed by atoms with van der Waals surface area (Å²) < 4.78 is 1.39. The number of hydrogen-bond donors (Lipinski definition) is 1. The van der Waals surface area contributed by atoms with Crippen LogP contribution in [-0.4, -0.2) is 25.0 Å². The van der Waals surface area contributed by atoms with E-state index in [0.29, 0.717) is 6.04 Å². The lowest BCUT2D eigenvalue weighted by molar-refractivity contribution is 0.0853. The second-order valence-corrected chi connectivity index (χ2v) is 8.62. The van der Waals surface area contributed by atoms with Gasteiger partial charge in [0.15, 0.2) is 0 Å². The van der Waals surface area contributed by atoms with Gasteiger partial charge >= 0.3 is 0 Å². The zero-order valence-corrected chi connectivity index (χ0v) is 17.8. The molecule has 0 radical (unpaired) electrons. The van der Waals surface area contributed by atoms with Crippen molar-refractivity contribution in [2.24, 2.45) is 0 Å². The van der Waals surface area contributed by atoms with Crippen molar-refractivity contribution in [3.05, 3.63) is 71.1 Å². The van der Waals surface area contributed by atoms with Gasteiger partial charge in [-0.25, -0.2) is 0 Å². The average molecular weight is 401 g/mol. The van der Waals surface area contributed by atoms with Gasteiger partial charge in [-0.1, -0.05) is 48.5 Å². The van der Waals surface area contributed by atoms with E-state index in [0.717, 1.165) is 6.54 Å². The number of halogens is 1. The fourth-order valence-corrected chi connectivity index (χ4v) is 5.43. The Labute approximate surface area is 173 Å². The zero-order valence-electron chi connectivity index (χ0n) is 16.2. The van der Waals surface area contributed by atoms with E-state index in [1.165, 1.54) is 46.9 Å². The van der Waals surface area contributed by atoms with Crippen LogP contribution >= 0.6 is 23.7 Å². The Hall–Kier alpha value is -1.39. The van der Waals surface area contributed by atoms with Gasteiger partial charge in [-0.3, -0.25) is 4.90 Å². The van der Waals surface area contributed by atoms with Crippen molar-refractivity contribution in [2.75, 3.05) is 14.1 Å². The first-order valence-corrected chi connectivity index (χ1v) is 10.5. The van der Waals surface area contributed by atoms with Gasteiger partial charge in [0.25, 0.3) is 0 Å². The number of rotatable bonds is 5. The molecule has 1 aromatic heterocycles. The minimum atomic E-state index is 0. The van der Waals surface area contributed by atoms with Crippen molar-refractivity contribution < 1.29 is 0 Å². The molecule has 1 aliphatic rings. The number of nitrogens with zero attached hydrogens (tertiary/aromatic N) is 1. The SMILES string of the molecule is CN(C)C1(c2ccccc2)CCC(NCc2csc3ccccc23)CC1.Cl. The van der Waals surface area contributed by atoms with Crippen molar-refractivity contribution >= 4 is 33.8 Å². The summed E-state index contributed by atoms with van der Waals surface area (Å²) in [6, 6.07) is 20.4. The summed E-state index contributed by atoms with van der Waals surface area (Å²) in [5, 5.41) is 7.56. The summed E-state index contributed by atoms with van der Waals surface area (Å²) in [6.07, 6.45) is 4.89. The predicted octanol–water partition coefficient (Wildman–Crippen LogP) is 5.81. The van der Waals surface area contributed by atoms with Crippen molar-refractivity contribution in [3.8, 4) is 0 Å². The highest BCUT2D eigenvalue weighted by molar-refractivity contribution is 7.17. The Morgan fingerprint density at radius 3 is 2.37 bits per heavy atom. The predicted molar refractivity (Wildman–Crippen MR) is 120 cm³/mol. The maximum absolute atomic E-state index is 3.83. The van der Waals surface area contributed by atoms with Gasteiger partial charge in [0.2, 0.25) is 0 Å². The molecule has 144 valence electrons. The molecule has 1 heterocycles. The van der Waals surface area contributed by atoms with Gasteiger partial charge in [0, 0.05) is 22.8 Å². The fourth-order valence-electron chi connectivity index (χ4n) is 4.47. The van der Waals surface area contributed by atoms with Gasteiger partial charge in [-0.2, -0.15) is 0 Å². The molecule has 27 heavy (non-hydrogen) atoms. The largest absolute Gasteiger partial charge is 0.310 e. The quantitative estimate of drug-likeness (QED) is 0.581. The standard InChI is InChI=1S/C23H28N2S.ClH/c1-25(2)23(19-8-4-3-5-9-19)14-12-20(13-15-23)24-16-18-17-26-22-11-7-6-10-21(18)22;/h3-11,17,20,24H,12-16H2,1-2H3;1H. The van der Waals surface area contributed by atoms with Crippen LogP contribution < -0.4 is 5.32 Å². The molecule has 1 N–H and O–H groups in total. The molecule has 2 aromatic carbocycles. The first-order chi connectivity index (χ1) is 12.7. The van der Waals surface area contributed by atoms with Crippen LogP contribution in [0.5, 0.6) is 0 Å². The summed E-state index contributed by atoms with van der Waals surface area (Å²) in [6.45, 7) is 0.981. The van der Waals surface area contributed by atoms with Gasteiger partial charge in [0.1, 0.15) is 0 Å². The summed E-state index contributed by atoms with van der Waals surface area (Å²) in [5.41, 5.74) is 3.10. The van der Waals surface area contributed by atoms with Crippen LogP contribution in [0.15, 0.2) is 60.0 Å². The number of benzene rings is 2. The lowest BCUT2D eigenvalue weighted by Crippen LogP contribution is -2.47. The fraction of sp³-hybridized carbons (Fsp3) is 0.391. The van der Waals surface area contributed by atoms with Crippen LogP contribution in [0.4, 0.5) is 0 Å². The Morgan fingerprint density at radius 2 is 1.67 bits per heavy atom. The van der Waals surface area contributed by atoms with Crippen LogP contribution in [-0.2, 0) is 12.1 Å². The third-order valence-corrected chi connectivity index (χ3v) is 7.13. The molecule has 0 bridgehead atoms. The lowest BCUT2D eigenvalue weighted by atomic mass is 9.74. The molecule has 4 heteroatoms. The van der Waals surface area contributed by atoms with Crippen molar-refractivity contribution in [1.82, 2.24) is 10.2 Å². The summed E-state index contributed by atoms with van der Waals surface area (Å²) in [4.78, 5) is 2.44. The summed E-state index contributed by atoms with van der Waals surface area (Å²) >= 11 is 1.85. The molecule has 0 saturated heterocycles.